The standard InChI is InChI=1S/C13H17FN2O2/c1-2-13(6-3-7-13)9-15-11-8-10(14)4-5-12(11)16(17)18/h4-5,8,15H,2-3,6-7,9H2,1H3. The molecule has 0 bridgehead atoms. The van der Waals surface area contributed by atoms with Crippen molar-refractivity contribution in [3.05, 3.63) is 34.1 Å². The first kappa shape index (κ1) is 12.8. The Balaban J connectivity index is 2.12. The normalized spacial score (nSPS) is 17.0. The lowest BCUT2D eigenvalue weighted by atomic mass is 9.67. The highest BCUT2D eigenvalue weighted by atomic mass is 19.1. The van der Waals surface area contributed by atoms with Crippen LogP contribution in [0.25, 0.3) is 0 Å². The van der Waals surface area contributed by atoms with E-state index in [1.807, 2.05) is 0 Å². The van der Waals surface area contributed by atoms with Gasteiger partial charge in [-0.2, -0.15) is 0 Å². The zero-order valence-corrected chi connectivity index (χ0v) is 10.4. The number of hydrogen-bond donors (Lipinski definition) is 1. The number of benzene rings is 1. The number of hydrogen-bond acceptors (Lipinski definition) is 3. The fourth-order valence-corrected chi connectivity index (χ4v) is 2.42. The molecule has 0 saturated heterocycles. The van der Waals surface area contributed by atoms with Crippen molar-refractivity contribution in [3.63, 3.8) is 0 Å². The number of nitro groups is 1. The fraction of sp³-hybridized carbons (Fsp3) is 0.538. The van der Waals surface area contributed by atoms with Crippen molar-refractivity contribution in [3.8, 4) is 0 Å². The highest BCUT2D eigenvalue weighted by Gasteiger charge is 2.35. The van der Waals surface area contributed by atoms with Crippen LogP contribution in [0.1, 0.15) is 32.6 Å². The average Bonchev–Trinajstić information content (AvgIpc) is 2.28. The number of halogens is 1. The Kier molecular flexibility index (Phi) is 3.50. The molecule has 4 nitrogen and oxygen atoms in total. The van der Waals surface area contributed by atoms with Gasteiger partial charge >= 0.3 is 0 Å². The number of anilines is 1. The van der Waals surface area contributed by atoms with Gasteiger partial charge in [0, 0.05) is 18.7 Å². The zero-order chi connectivity index (χ0) is 13.2. The van der Waals surface area contributed by atoms with Crippen molar-refractivity contribution in [1.29, 1.82) is 0 Å². The van der Waals surface area contributed by atoms with Crippen molar-refractivity contribution in [2.24, 2.45) is 5.41 Å². The predicted molar refractivity (Wildman–Crippen MR) is 68.1 cm³/mol. The summed E-state index contributed by atoms with van der Waals surface area (Å²) in [6, 6.07) is 3.51. The molecule has 2 rings (SSSR count). The smallest absolute Gasteiger partial charge is 0.292 e. The molecule has 0 atom stereocenters. The zero-order valence-electron chi connectivity index (χ0n) is 10.4. The Hall–Kier alpha value is -1.65. The van der Waals surface area contributed by atoms with Gasteiger partial charge in [-0.25, -0.2) is 4.39 Å². The van der Waals surface area contributed by atoms with Crippen LogP contribution >= 0.6 is 0 Å². The molecule has 1 aliphatic rings. The summed E-state index contributed by atoms with van der Waals surface area (Å²) in [4.78, 5) is 10.4. The minimum Gasteiger partial charge on any atom is -0.379 e. The van der Waals surface area contributed by atoms with Crippen LogP contribution in [0.3, 0.4) is 0 Å². The van der Waals surface area contributed by atoms with Crippen LogP contribution in [0.2, 0.25) is 0 Å². The van der Waals surface area contributed by atoms with E-state index >= 15 is 0 Å². The van der Waals surface area contributed by atoms with Crippen molar-refractivity contribution >= 4 is 11.4 Å². The van der Waals surface area contributed by atoms with Crippen molar-refractivity contribution in [2.75, 3.05) is 11.9 Å². The van der Waals surface area contributed by atoms with Gasteiger partial charge in [-0.1, -0.05) is 13.3 Å². The fourth-order valence-electron chi connectivity index (χ4n) is 2.42. The van der Waals surface area contributed by atoms with Crippen LogP contribution in [0.4, 0.5) is 15.8 Å². The lowest BCUT2D eigenvalue weighted by molar-refractivity contribution is -0.384. The third-order valence-electron chi connectivity index (χ3n) is 3.97. The van der Waals surface area contributed by atoms with E-state index < -0.39 is 10.7 Å². The van der Waals surface area contributed by atoms with Crippen LogP contribution in [0, 0.1) is 21.3 Å². The summed E-state index contributed by atoms with van der Waals surface area (Å²) in [6.07, 6.45) is 4.53. The molecule has 98 valence electrons. The molecule has 1 aromatic rings. The molecule has 5 heteroatoms. The largest absolute Gasteiger partial charge is 0.379 e. The molecule has 1 fully saturated rings. The predicted octanol–water partition coefficient (Wildman–Crippen LogP) is 3.73. The van der Waals surface area contributed by atoms with Crippen LogP contribution < -0.4 is 5.32 Å². The van der Waals surface area contributed by atoms with E-state index in [2.05, 4.69) is 12.2 Å². The summed E-state index contributed by atoms with van der Waals surface area (Å²) in [5.41, 5.74) is 0.446. The first-order chi connectivity index (χ1) is 8.56. The molecular weight excluding hydrogens is 235 g/mol. The third kappa shape index (κ3) is 2.44. The summed E-state index contributed by atoms with van der Waals surface area (Å²) >= 11 is 0. The maximum absolute atomic E-state index is 13.1. The molecule has 0 aliphatic heterocycles. The first-order valence-corrected chi connectivity index (χ1v) is 6.24. The second kappa shape index (κ2) is 4.92. The Morgan fingerprint density at radius 3 is 2.72 bits per heavy atom. The molecule has 1 aliphatic carbocycles. The Labute approximate surface area is 105 Å². The summed E-state index contributed by atoms with van der Waals surface area (Å²) in [6.45, 7) is 2.80. The van der Waals surface area contributed by atoms with Gasteiger partial charge in [0.15, 0.2) is 0 Å². The minimum absolute atomic E-state index is 0.0676. The molecule has 18 heavy (non-hydrogen) atoms. The summed E-state index contributed by atoms with van der Waals surface area (Å²) in [7, 11) is 0. The average molecular weight is 252 g/mol. The third-order valence-corrected chi connectivity index (χ3v) is 3.97. The highest BCUT2D eigenvalue weighted by molar-refractivity contribution is 5.61. The Bertz CT molecular complexity index is 453. The van der Waals surface area contributed by atoms with Gasteiger partial charge in [-0.3, -0.25) is 10.1 Å². The molecule has 0 spiro atoms. The number of nitrogens with zero attached hydrogens (tertiary/aromatic N) is 1. The van der Waals surface area contributed by atoms with E-state index in [1.54, 1.807) is 0 Å². The van der Waals surface area contributed by atoms with E-state index in [1.165, 1.54) is 18.6 Å². The van der Waals surface area contributed by atoms with Gasteiger partial charge < -0.3 is 5.32 Å². The topological polar surface area (TPSA) is 55.2 Å². The lowest BCUT2D eigenvalue weighted by Crippen LogP contribution is -2.35. The second-order valence-electron chi connectivity index (χ2n) is 4.98. The molecule has 0 aromatic heterocycles. The van der Waals surface area contributed by atoms with E-state index in [0.29, 0.717) is 6.54 Å². The van der Waals surface area contributed by atoms with E-state index in [9.17, 15) is 14.5 Å². The number of nitrogens with one attached hydrogen (secondary N) is 1. The molecule has 1 aromatic carbocycles. The number of rotatable bonds is 5. The van der Waals surface area contributed by atoms with Gasteiger partial charge in [0.25, 0.3) is 5.69 Å². The molecule has 0 unspecified atom stereocenters. The first-order valence-electron chi connectivity index (χ1n) is 6.24. The molecule has 0 heterocycles. The van der Waals surface area contributed by atoms with Gasteiger partial charge in [-0.15, -0.1) is 0 Å². The monoisotopic (exact) mass is 252 g/mol. The molecule has 1 saturated carbocycles. The molecule has 1 N–H and O–H groups in total. The maximum Gasteiger partial charge on any atom is 0.292 e. The summed E-state index contributed by atoms with van der Waals surface area (Å²) in [5.74, 6) is -0.456. The van der Waals surface area contributed by atoms with Crippen LogP contribution in [-0.4, -0.2) is 11.5 Å². The van der Waals surface area contributed by atoms with E-state index in [-0.39, 0.29) is 16.8 Å². The van der Waals surface area contributed by atoms with Crippen LogP contribution in [0.5, 0.6) is 0 Å². The minimum atomic E-state index is -0.485. The highest BCUT2D eigenvalue weighted by Crippen LogP contribution is 2.44. The Morgan fingerprint density at radius 2 is 2.22 bits per heavy atom. The van der Waals surface area contributed by atoms with Gasteiger partial charge in [-0.05, 0) is 30.7 Å². The van der Waals surface area contributed by atoms with Gasteiger partial charge in [0.2, 0.25) is 0 Å². The second-order valence-corrected chi connectivity index (χ2v) is 4.98. The lowest BCUT2D eigenvalue weighted by Gasteiger charge is -2.41. The van der Waals surface area contributed by atoms with Crippen LogP contribution in [0.15, 0.2) is 18.2 Å². The maximum atomic E-state index is 13.1. The molecule has 0 radical (unpaired) electrons. The summed E-state index contributed by atoms with van der Waals surface area (Å²) < 4.78 is 13.1. The quantitative estimate of drug-likeness (QED) is 0.641. The van der Waals surface area contributed by atoms with Crippen molar-refractivity contribution < 1.29 is 9.31 Å². The molecule has 0 amide bonds. The molecular formula is C13H17FN2O2. The van der Waals surface area contributed by atoms with E-state index in [4.69, 9.17) is 0 Å². The van der Waals surface area contributed by atoms with Crippen molar-refractivity contribution in [2.45, 2.75) is 32.6 Å². The van der Waals surface area contributed by atoms with Gasteiger partial charge in [0.05, 0.1) is 4.92 Å². The van der Waals surface area contributed by atoms with Crippen molar-refractivity contribution in [1.82, 2.24) is 0 Å². The summed E-state index contributed by atoms with van der Waals surface area (Å²) in [5, 5.41) is 13.9. The SMILES string of the molecule is CCC1(CNc2cc(F)ccc2[N+](=O)[O-])CCC1. The van der Waals surface area contributed by atoms with Gasteiger partial charge in [0.1, 0.15) is 11.5 Å². The van der Waals surface area contributed by atoms with E-state index in [0.717, 1.165) is 25.3 Å². The Morgan fingerprint density at radius 1 is 1.50 bits per heavy atom. The number of nitro benzene ring substituents is 1. The van der Waals surface area contributed by atoms with Crippen LogP contribution in [-0.2, 0) is 0 Å².